The van der Waals surface area contributed by atoms with Crippen molar-refractivity contribution >= 4 is 15.7 Å². The molecule has 21 heavy (non-hydrogen) atoms. The number of rotatable bonds is 2. The van der Waals surface area contributed by atoms with Crippen molar-refractivity contribution in [1.29, 1.82) is 0 Å². The molecular weight excluding hydrogens is 292 g/mol. The highest BCUT2D eigenvalue weighted by Crippen LogP contribution is 2.33. The molecule has 0 radical (unpaired) electrons. The molecule has 1 aromatic rings. The monoisotopic (exact) mass is 312 g/mol. The van der Waals surface area contributed by atoms with Gasteiger partial charge in [-0.25, -0.2) is 8.42 Å². The molecule has 3 rings (SSSR count). The Labute approximate surface area is 124 Å². The van der Waals surface area contributed by atoms with Crippen LogP contribution in [-0.4, -0.2) is 44.8 Å². The number of benzene rings is 1. The lowest BCUT2D eigenvalue weighted by Gasteiger charge is -2.37. The number of anilines is 1. The van der Waals surface area contributed by atoms with E-state index < -0.39 is 15.8 Å². The summed E-state index contributed by atoms with van der Waals surface area (Å²) in [6, 6.07) is 4.84. The van der Waals surface area contributed by atoms with Crippen LogP contribution in [0, 0.1) is 6.92 Å². The van der Waals surface area contributed by atoms with Gasteiger partial charge in [-0.05, 0) is 31.0 Å². The van der Waals surface area contributed by atoms with E-state index in [1.54, 1.807) is 12.1 Å². The van der Waals surface area contributed by atoms with E-state index in [1.165, 1.54) is 10.4 Å². The minimum Gasteiger partial charge on any atom is -0.398 e. The molecule has 2 N–H and O–H groups in total. The van der Waals surface area contributed by atoms with Gasteiger partial charge in [0.05, 0.1) is 24.7 Å². The van der Waals surface area contributed by atoms with Gasteiger partial charge in [-0.15, -0.1) is 0 Å². The highest BCUT2D eigenvalue weighted by Gasteiger charge is 2.44. The normalized spacial score (nSPS) is 22.7. The summed E-state index contributed by atoms with van der Waals surface area (Å²) in [5.41, 5.74) is 7.18. The third-order valence-electron chi connectivity index (χ3n) is 4.08. The molecule has 2 fully saturated rings. The smallest absolute Gasteiger partial charge is 0.243 e. The summed E-state index contributed by atoms with van der Waals surface area (Å²) >= 11 is 0. The highest BCUT2D eigenvalue weighted by atomic mass is 32.2. The average molecular weight is 312 g/mol. The summed E-state index contributed by atoms with van der Waals surface area (Å²) in [7, 11) is -3.57. The molecule has 0 amide bonds. The fraction of sp³-hybridized carbons (Fsp3) is 0.571. The van der Waals surface area contributed by atoms with Gasteiger partial charge in [0, 0.05) is 18.7 Å². The first kappa shape index (κ1) is 14.8. The van der Waals surface area contributed by atoms with Crippen LogP contribution in [0.2, 0.25) is 0 Å². The Balaban J connectivity index is 1.88. The van der Waals surface area contributed by atoms with Crippen molar-refractivity contribution in [1.82, 2.24) is 4.31 Å². The number of sulfonamides is 1. The molecule has 7 heteroatoms. The van der Waals surface area contributed by atoms with Crippen LogP contribution in [0.15, 0.2) is 23.1 Å². The van der Waals surface area contributed by atoms with Crippen LogP contribution in [0.4, 0.5) is 5.69 Å². The molecular formula is C14H20N2O4S. The first-order valence-corrected chi connectivity index (χ1v) is 8.51. The van der Waals surface area contributed by atoms with E-state index in [2.05, 4.69) is 0 Å². The maximum Gasteiger partial charge on any atom is 0.243 e. The first-order chi connectivity index (χ1) is 9.93. The van der Waals surface area contributed by atoms with Crippen LogP contribution < -0.4 is 5.73 Å². The van der Waals surface area contributed by atoms with Gasteiger partial charge in [-0.1, -0.05) is 6.07 Å². The summed E-state index contributed by atoms with van der Waals surface area (Å²) in [4.78, 5) is 0.223. The van der Waals surface area contributed by atoms with Gasteiger partial charge in [0.15, 0.2) is 5.79 Å². The van der Waals surface area contributed by atoms with Crippen molar-refractivity contribution in [2.75, 3.05) is 32.0 Å². The molecule has 2 saturated heterocycles. The Kier molecular flexibility index (Phi) is 3.69. The van der Waals surface area contributed by atoms with E-state index in [1.807, 2.05) is 6.92 Å². The number of nitrogen functional groups attached to an aromatic ring is 1. The number of nitrogens with two attached hydrogens (primary N) is 1. The molecule has 1 spiro atoms. The van der Waals surface area contributed by atoms with Crippen molar-refractivity contribution in [2.24, 2.45) is 0 Å². The van der Waals surface area contributed by atoms with Gasteiger partial charge in [-0.2, -0.15) is 4.31 Å². The van der Waals surface area contributed by atoms with E-state index in [0.29, 0.717) is 25.4 Å². The van der Waals surface area contributed by atoms with Gasteiger partial charge in [0.1, 0.15) is 0 Å². The van der Waals surface area contributed by atoms with Crippen LogP contribution in [0.1, 0.15) is 18.4 Å². The third kappa shape index (κ3) is 2.66. The van der Waals surface area contributed by atoms with Crippen LogP contribution >= 0.6 is 0 Å². The Morgan fingerprint density at radius 2 is 2.00 bits per heavy atom. The zero-order chi connectivity index (χ0) is 15.1. The quantitative estimate of drug-likeness (QED) is 0.827. The third-order valence-corrected chi connectivity index (χ3v) is 5.93. The number of piperidine rings is 1. The molecule has 0 aliphatic carbocycles. The fourth-order valence-electron chi connectivity index (χ4n) is 2.82. The van der Waals surface area contributed by atoms with Gasteiger partial charge in [-0.3, -0.25) is 0 Å². The minimum atomic E-state index is -3.57. The Morgan fingerprint density at radius 1 is 1.29 bits per heavy atom. The van der Waals surface area contributed by atoms with Crippen molar-refractivity contribution in [3.63, 3.8) is 0 Å². The van der Waals surface area contributed by atoms with Crippen molar-refractivity contribution in [3.8, 4) is 0 Å². The Bertz CT molecular complexity index is 638. The molecule has 0 aromatic heterocycles. The van der Waals surface area contributed by atoms with Gasteiger partial charge >= 0.3 is 0 Å². The zero-order valence-electron chi connectivity index (χ0n) is 12.0. The van der Waals surface area contributed by atoms with Gasteiger partial charge in [0.2, 0.25) is 10.0 Å². The Hall–Kier alpha value is -1.15. The molecule has 0 atom stereocenters. The molecule has 2 aliphatic heterocycles. The van der Waals surface area contributed by atoms with Crippen LogP contribution in [0.3, 0.4) is 0 Å². The molecule has 2 heterocycles. The van der Waals surface area contributed by atoms with E-state index in [9.17, 15) is 8.42 Å². The van der Waals surface area contributed by atoms with Gasteiger partial charge in [0.25, 0.3) is 0 Å². The number of hydrogen-bond acceptors (Lipinski definition) is 5. The predicted octanol–water partition coefficient (Wildman–Crippen LogP) is 1.10. The molecule has 1 aromatic carbocycles. The number of aryl methyl sites for hydroxylation is 1. The standard InChI is InChI=1S/C14H20N2O4S/c1-11-3-4-12(9-13(11)15)21(17,18)16-6-2-5-14(10-16)19-7-8-20-14/h3-4,9H,2,5-8,10,15H2,1H3. The van der Waals surface area contributed by atoms with E-state index >= 15 is 0 Å². The summed E-state index contributed by atoms with van der Waals surface area (Å²) in [5.74, 6) is -0.762. The van der Waals surface area contributed by atoms with Crippen LogP contribution in [0.25, 0.3) is 0 Å². The fourth-order valence-corrected chi connectivity index (χ4v) is 4.37. The lowest BCUT2D eigenvalue weighted by molar-refractivity contribution is -0.179. The van der Waals surface area contributed by atoms with Crippen molar-refractivity contribution in [2.45, 2.75) is 30.4 Å². The number of ether oxygens (including phenoxy) is 2. The second-order valence-corrected chi connectivity index (χ2v) is 7.51. The van der Waals surface area contributed by atoms with Crippen molar-refractivity contribution in [3.05, 3.63) is 23.8 Å². The number of nitrogens with zero attached hydrogens (tertiary/aromatic N) is 1. The number of hydrogen-bond donors (Lipinski definition) is 1. The largest absolute Gasteiger partial charge is 0.398 e. The summed E-state index contributed by atoms with van der Waals surface area (Å²) < 4.78 is 38.2. The SMILES string of the molecule is Cc1ccc(S(=O)(=O)N2CCCC3(C2)OCCO3)cc1N. The van der Waals surface area contributed by atoms with E-state index in [-0.39, 0.29) is 11.4 Å². The summed E-state index contributed by atoms with van der Waals surface area (Å²) in [6.07, 6.45) is 1.45. The molecule has 0 bridgehead atoms. The molecule has 116 valence electrons. The average Bonchev–Trinajstić information content (AvgIpc) is 2.89. The molecule has 6 nitrogen and oxygen atoms in total. The lowest BCUT2D eigenvalue weighted by atomic mass is 10.1. The van der Waals surface area contributed by atoms with E-state index in [4.69, 9.17) is 15.2 Å². The van der Waals surface area contributed by atoms with Crippen LogP contribution in [0.5, 0.6) is 0 Å². The Morgan fingerprint density at radius 3 is 2.67 bits per heavy atom. The van der Waals surface area contributed by atoms with Crippen LogP contribution in [-0.2, 0) is 19.5 Å². The topological polar surface area (TPSA) is 81.9 Å². The minimum absolute atomic E-state index is 0.223. The second-order valence-electron chi connectivity index (χ2n) is 5.57. The predicted molar refractivity (Wildman–Crippen MR) is 78.2 cm³/mol. The zero-order valence-corrected chi connectivity index (χ0v) is 12.9. The molecule has 0 saturated carbocycles. The highest BCUT2D eigenvalue weighted by molar-refractivity contribution is 7.89. The van der Waals surface area contributed by atoms with E-state index in [0.717, 1.165) is 18.4 Å². The molecule has 2 aliphatic rings. The summed E-state index contributed by atoms with van der Waals surface area (Å²) in [5, 5.41) is 0. The lowest BCUT2D eigenvalue weighted by Crippen LogP contribution is -2.50. The van der Waals surface area contributed by atoms with Gasteiger partial charge < -0.3 is 15.2 Å². The maximum absolute atomic E-state index is 12.8. The summed E-state index contributed by atoms with van der Waals surface area (Å²) in [6.45, 7) is 3.60. The first-order valence-electron chi connectivity index (χ1n) is 7.07. The second kappa shape index (κ2) is 5.24. The molecule has 0 unspecified atom stereocenters. The van der Waals surface area contributed by atoms with Crippen molar-refractivity contribution < 1.29 is 17.9 Å². The maximum atomic E-state index is 12.8.